The molecule has 28 heavy (non-hydrogen) atoms. The molecule has 7 nitrogen and oxygen atoms in total. The number of nitrogens with zero attached hydrogens (tertiary/aromatic N) is 2. The third kappa shape index (κ3) is 5.67. The molecule has 0 aromatic heterocycles. The average molecular weight is 455 g/mol. The van der Waals surface area contributed by atoms with E-state index in [1.165, 1.54) is 25.6 Å². The summed E-state index contributed by atoms with van der Waals surface area (Å²) in [5.74, 6) is 5.46. The first-order chi connectivity index (χ1) is 13.1. The maximum absolute atomic E-state index is 7.49. The third-order valence-corrected chi connectivity index (χ3v) is 5.05. The molecule has 1 aliphatic heterocycles. The molecule has 2 aromatic carbocycles. The number of hydrazine groups is 1. The molecule has 0 aliphatic carbocycles. The summed E-state index contributed by atoms with van der Waals surface area (Å²) in [4.78, 5) is 2.50. The van der Waals surface area contributed by atoms with Crippen LogP contribution in [0.1, 0.15) is 25.3 Å². The van der Waals surface area contributed by atoms with Crippen molar-refractivity contribution in [1.82, 2.24) is 4.90 Å². The van der Waals surface area contributed by atoms with Gasteiger partial charge in [0.1, 0.15) is 0 Å². The molecule has 0 spiro atoms. The predicted molar refractivity (Wildman–Crippen MR) is 114 cm³/mol. The van der Waals surface area contributed by atoms with Crippen molar-refractivity contribution in [2.45, 2.75) is 25.8 Å². The molecule has 3 rings (SSSR count). The molecule has 0 bridgehead atoms. The van der Waals surface area contributed by atoms with Gasteiger partial charge in [0.05, 0.1) is 17.1 Å². The molecule has 1 saturated heterocycles. The number of nitrogen functional groups attached to an aromatic ring is 2. The van der Waals surface area contributed by atoms with E-state index in [4.69, 9.17) is 17.0 Å². The van der Waals surface area contributed by atoms with E-state index in [-0.39, 0.29) is 32.7 Å². The topological polar surface area (TPSA) is 117 Å². The fraction of sp³-hybridized carbons (Fsp3) is 0.350. The van der Waals surface area contributed by atoms with Gasteiger partial charge in [0.25, 0.3) is 0 Å². The number of nitrogens with two attached hydrogens (primary N) is 2. The van der Waals surface area contributed by atoms with Crippen LogP contribution >= 0.6 is 0 Å². The molecule has 1 fully saturated rings. The second kappa shape index (κ2) is 10.8. The standard InChI is InChI=1S/C20H28N7.Y/c1-14-3-2-9-27(14)10-8-24-20-12-17(4-6-18(20)22)25-16-5-7-19(26-23)15(11-16)13-21;/h4-7,11-14,21,24,26H,2-3,8-10,22-23H2,1H3;/q-1;. The van der Waals surface area contributed by atoms with Crippen LogP contribution in [0.4, 0.5) is 28.4 Å². The Kier molecular flexibility index (Phi) is 8.70. The number of hydrogen-bond donors (Lipinski definition) is 5. The van der Waals surface area contributed by atoms with E-state index >= 15 is 0 Å². The Morgan fingerprint density at radius 1 is 1.21 bits per heavy atom. The minimum absolute atomic E-state index is 0. The molecule has 1 heterocycles. The maximum atomic E-state index is 7.49. The fourth-order valence-corrected chi connectivity index (χ4v) is 3.45. The van der Waals surface area contributed by atoms with Crippen LogP contribution in [0, 0.1) is 5.41 Å². The molecule has 1 atom stereocenters. The second-order valence-corrected chi connectivity index (χ2v) is 6.90. The van der Waals surface area contributed by atoms with Gasteiger partial charge in [-0.1, -0.05) is 24.3 Å². The first-order valence-corrected chi connectivity index (χ1v) is 9.31. The summed E-state index contributed by atoms with van der Waals surface area (Å²) in [7, 11) is 0. The summed E-state index contributed by atoms with van der Waals surface area (Å²) in [6.07, 6.45) is 3.82. The van der Waals surface area contributed by atoms with Crippen LogP contribution in [-0.2, 0) is 32.7 Å². The predicted octanol–water partition coefficient (Wildman–Crippen LogP) is 3.78. The Bertz CT molecular complexity index is 796. The van der Waals surface area contributed by atoms with E-state index in [1.807, 2.05) is 36.4 Å². The van der Waals surface area contributed by atoms with Crippen molar-refractivity contribution in [3.8, 4) is 0 Å². The van der Waals surface area contributed by atoms with Crippen molar-refractivity contribution in [1.29, 1.82) is 5.41 Å². The van der Waals surface area contributed by atoms with Crippen molar-refractivity contribution in [3.63, 3.8) is 0 Å². The van der Waals surface area contributed by atoms with E-state index in [9.17, 15) is 0 Å². The van der Waals surface area contributed by atoms with Gasteiger partial charge >= 0.3 is 0 Å². The van der Waals surface area contributed by atoms with Gasteiger partial charge in [-0.05, 0) is 38.4 Å². The molecule has 1 radical (unpaired) electrons. The number of rotatable bonds is 8. The largest absolute Gasteiger partial charge is 0.658 e. The van der Waals surface area contributed by atoms with Gasteiger partial charge in [-0.15, -0.1) is 11.4 Å². The summed E-state index contributed by atoms with van der Waals surface area (Å²) in [6.45, 7) is 5.33. The minimum atomic E-state index is 0. The Morgan fingerprint density at radius 3 is 2.64 bits per heavy atom. The SMILES string of the molecule is CC1CCCN1CCNc1cc([N-]c2ccc(NN)c(C=N)c2)ccc1N.[Y]. The Labute approximate surface area is 192 Å². The molecule has 0 amide bonds. The van der Waals surface area contributed by atoms with Crippen molar-refractivity contribution in [3.05, 3.63) is 47.3 Å². The van der Waals surface area contributed by atoms with Crippen molar-refractivity contribution in [2.24, 2.45) is 5.84 Å². The van der Waals surface area contributed by atoms with Crippen LogP contribution in [0.5, 0.6) is 0 Å². The summed E-state index contributed by atoms with van der Waals surface area (Å²) < 4.78 is 0. The molecule has 0 saturated carbocycles. The first kappa shape index (κ1) is 22.6. The van der Waals surface area contributed by atoms with E-state index in [1.54, 1.807) is 0 Å². The summed E-state index contributed by atoms with van der Waals surface area (Å²) in [5, 5.41) is 15.6. The zero-order valence-electron chi connectivity index (χ0n) is 16.3. The van der Waals surface area contributed by atoms with Gasteiger partial charge < -0.3 is 27.2 Å². The Hall–Kier alpha value is -1.67. The molecule has 7 N–H and O–H groups in total. The number of likely N-dealkylation sites (tertiary alicyclic amines) is 1. The second-order valence-electron chi connectivity index (χ2n) is 6.90. The normalized spacial score (nSPS) is 16.3. The van der Waals surface area contributed by atoms with E-state index in [2.05, 4.69) is 27.9 Å². The van der Waals surface area contributed by atoms with Gasteiger partial charge in [0.2, 0.25) is 0 Å². The quantitative estimate of drug-likeness (QED) is 0.180. The Balaban J connectivity index is 0.00000280. The van der Waals surface area contributed by atoms with Crippen LogP contribution < -0.4 is 22.3 Å². The van der Waals surface area contributed by atoms with Gasteiger partial charge in [0.15, 0.2) is 0 Å². The minimum Gasteiger partial charge on any atom is -0.658 e. The fourth-order valence-electron chi connectivity index (χ4n) is 3.45. The maximum Gasteiger partial charge on any atom is 0.0571 e. The van der Waals surface area contributed by atoms with Gasteiger partial charge in [-0.2, -0.15) is 0 Å². The average Bonchev–Trinajstić information content (AvgIpc) is 3.09. The van der Waals surface area contributed by atoms with Crippen LogP contribution in [0.3, 0.4) is 0 Å². The molecule has 147 valence electrons. The molecular weight excluding hydrogens is 427 g/mol. The molecule has 2 aromatic rings. The van der Waals surface area contributed by atoms with Gasteiger partial charge in [-0.3, -0.25) is 10.7 Å². The summed E-state index contributed by atoms with van der Waals surface area (Å²) in [5.41, 5.74) is 13.3. The van der Waals surface area contributed by atoms with Crippen LogP contribution in [0.25, 0.3) is 5.32 Å². The molecule has 8 heteroatoms. The van der Waals surface area contributed by atoms with E-state index in [0.717, 1.165) is 30.2 Å². The first-order valence-electron chi connectivity index (χ1n) is 9.31. The number of nitrogens with one attached hydrogen (secondary N) is 3. The van der Waals surface area contributed by atoms with E-state index in [0.29, 0.717) is 23.0 Å². The van der Waals surface area contributed by atoms with Crippen molar-refractivity contribution >= 4 is 34.7 Å². The van der Waals surface area contributed by atoms with Gasteiger partial charge in [0, 0.05) is 63.6 Å². The zero-order valence-corrected chi connectivity index (χ0v) is 19.1. The summed E-state index contributed by atoms with van der Waals surface area (Å²) in [6, 6.07) is 11.9. The van der Waals surface area contributed by atoms with Crippen molar-refractivity contribution in [2.75, 3.05) is 36.1 Å². The van der Waals surface area contributed by atoms with Crippen molar-refractivity contribution < 1.29 is 32.7 Å². The van der Waals surface area contributed by atoms with Crippen LogP contribution in [-0.4, -0.2) is 36.8 Å². The molecular formula is C20H28N7Y-. The van der Waals surface area contributed by atoms with Crippen LogP contribution in [0.2, 0.25) is 0 Å². The van der Waals surface area contributed by atoms with Crippen LogP contribution in [0.15, 0.2) is 36.4 Å². The number of benzene rings is 2. The smallest absolute Gasteiger partial charge is 0.0571 e. The Morgan fingerprint density at radius 2 is 1.96 bits per heavy atom. The number of hydrogen-bond acceptors (Lipinski definition) is 6. The number of anilines is 3. The zero-order chi connectivity index (χ0) is 19.2. The van der Waals surface area contributed by atoms with Gasteiger partial charge in [-0.25, -0.2) is 0 Å². The molecule has 1 unspecified atom stereocenters. The molecule has 1 aliphatic rings. The third-order valence-electron chi connectivity index (χ3n) is 5.05. The van der Waals surface area contributed by atoms with E-state index < -0.39 is 0 Å². The monoisotopic (exact) mass is 455 g/mol. The summed E-state index contributed by atoms with van der Waals surface area (Å²) >= 11 is 0.